The van der Waals surface area contributed by atoms with Crippen LogP contribution in [-0.2, 0) is 11.2 Å². The van der Waals surface area contributed by atoms with Crippen molar-refractivity contribution in [2.75, 3.05) is 26.2 Å². The summed E-state index contributed by atoms with van der Waals surface area (Å²) in [6, 6.07) is 11.2. The van der Waals surface area contributed by atoms with Gasteiger partial charge in [0.1, 0.15) is 0 Å². The second-order valence-electron chi connectivity index (χ2n) is 5.71. The summed E-state index contributed by atoms with van der Waals surface area (Å²) in [7, 11) is 0. The van der Waals surface area contributed by atoms with E-state index in [-0.39, 0.29) is 0 Å². The molecule has 0 N–H and O–H groups in total. The molecule has 2 rings (SSSR count). The van der Waals surface area contributed by atoms with Crippen molar-refractivity contribution in [1.82, 2.24) is 9.80 Å². The Morgan fingerprint density at radius 1 is 1.15 bits per heavy atom. The molecule has 0 aliphatic carbocycles. The summed E-state index contributed by atoms with van der Waals surface area (Å²) in [5.41, 5.74) is 1.39. The molecule has 3 nitrogen and oxygen atoms in total. The fourth-order valence-electron chi connectivity index (χ4n) is 2.87. The largest absolute Gasteiger partial charge is 0.340 e. The Morgan fingerprint density at radius 3 is 2.40 bits per heavy atom. The summed E-state index contributed by atoms with van der Waals surface area (Å²) in [4.78, 5) is 16.4. The highest BCUT2D eigenvalue weighted by Gasteiger charge is 2.23. The van der Waals surface area contributed by atoms with Gasteiger partial charge in [-0.1, -0.05) is 37.3 Å². The third kappa shape index (κ3) is 4.07. The van der Waals surface area contributed by atoms with Crippen LogP contribution in [0.5, 0.6) is 0 Å². The molecule has 1 amide bonds. The molecule has 3 heteroatoms. The van der Waals surface area contributed by atoms with E-state index in [1.165, 1.54) is 5.56 Å². The average Bonchev–Trinajstić information content (AvgIpc) is 2.48. The second-order valence-corrected chi connectivity index (χ2v) is 5.71. The van der Waals surface area contributed by atoms with Gasteiger partial charge in [0.15, 0.2) is 0 Å². The van der Waals surface area contributed by atoms with Crippen LogP contribution in [0.2, 0.25) is 0 Å². The Hall–Kier alpha value is -1.35. The van der Waals surface area contributed by atoms with Crippen molar-refractivity contribution in [3.63, 3.8) is 0 Å². The first-order valence-corrected chi connectivity index (χ1v) is 7.76. The fraction of sp³-hybridized carbons (Fsp3) is 0.588. The van der Waals surface area contributed by atoms with Gasteiger partial charge in [-0.2, -0.15) is 0 Å². The molecule has 0 spiro atoms. The maximum atomic E-state index is 11.9. The predicted molar refractivity (Wildman–Crippen MR) is 82.7 cm³/mol. The zero-order chi connectivity index (χ0) is 14.4. The van der Waals surface area contributed by atoms with E-state index in [0.29, 0.717) is 18.4 Å². The number of hydrogen-bond acceptors (Lipinski definition) is 2. The SMILES string of the molecule is CCCC(=O)N1CCN(C(C)Cc2ccccc2)CC1. The van der Waals surface area contributed by atoms with Crippen LogP contribution >= 0.6 is 0 Å². The Kier molecular flexibility index (Phi) is 5.60. The average molecular weight is 274 g/mol. The number of piperazine rings is 1. The third-order valence-corrected chi connectivity index (χ3v) is 4.13. The first-order valence-electron chi connectivity index (χ1n) is 7.76. The third-order valence-electron chi connectivity index (χ3n) is 4.13. The minimum Gasteiger partial charge on any atom is -0.340 e. The molecule has 0 saturated carbocycles. The first kappa shape index (κ1) is 15.0. The van der Waals surface area contributed by atoms with Gasteiger partial charge in [0.05, 0.1) is 0 Å². The lowest BCUT2D eigenvalue weighted by Gasteiger charge is -2.38. The summed E-state index contributed by atoms with van der Waals surface area (Å²) in [6.45, 7) is 8.13. The molecule has 110 valence electrons. The van der Waals surface area contributed by atoms with Crippen LogP contribution in [-0.4, -0.2) is 47.9 Å². The number of amides is 1. The molecule has 20 heavy (non-hydrogen) atoms. The molecule has 0 radical (unpaired) electrons. The van der Waals surface area contributed by atoms with E-state index in [1.807, 2.05) is 4.90 Å². The van der Waals surface area contributed by atoms with Crippen molar-refractivity contribution in [2.45, 2.75) is 39.2 Å². The molecule has 1 saturated heterocycles. The number of nitrogens with zero attached hydrogens (tertiary/aromatic N) is 2. The Morgan fingerprint density at radius 2 is 1.80 bits per heavy atom. The van der Waals surface area contributed by atoms with Crippen molar-refractivity contribution in [1.29, 1.82) is 0 Å². The van der Waals surface area contributed by atoms with Crippen LogP contribution in [0.3, 0.4) is 0 Å². The van der Waals surface area contributed by atoms with E-state index in [1.54, 1.807) is 0 Å². The molecule has 1 aliphatic heterocycles. The van der Waals surface area contributed by atoms with Gasteiger partial charge < -0.3 is 4.90 Å². The van der Waals surface area contributed by atoms with Crippen LogP contribution < -0.4 is 0 Å². The molecule has 1 aliphatic rings. The van der Waals surface area contributed by atoms with Crippen molar-refractivity contribution >= 4 is 5.91 Å². The highest BCUT2D eigenvalue weighted by molar-refractivity contribution is 5.76. The summed E-state index contributed by atoms with van der Waals surface area (Å²) in [5.74, 6) is 0.322. The Balaban J connectivity index is 1.80. The lowest BCUT2D eigenvalue weighted by atomic mass is 10.1. The van der Waals surface area contributed by atoms with Crippen LogP contribution in [0.1, 0.15) is 32.3 Å². The zero-order valence-electron chi connectivity index (χ0n) is 12.7. The van der Waals surface area contributed by atoms with Gasteiger partial charge in [-0.05, 0) is 25.3 Å². The Bertz CT molecular complexity index is 410. The number of rotatable bonds is 5. The molecule has 1 unspecified atom stereocenters. The summed E-state index contributed by atoms with van der Waals surface area (Å²) in [6.07, 6.45) is 2.73. The van der Waals surface area contributed by atoms with Crippen molar-refractivity contribution in [2.24, 2.45) is 0 Å². The van der Waals surface area contributed by atoms with Gasteiger partial charge in [0.25, 0.3) is 0 Å². The summed E-state index contributed by atoms with van der Waals surface area (Å²) in [5, 5.41) is 0. The second kappa shape index (κ2) is 7.44. The van der Waals surface area contributed by atoms with Gasteiger partial charge in [0.2, 0.25) is 5.91 Å². The first-order chi connectivity index (χ1) is 9.70. The lowest BCUT2D eigenvalue weighted by Crippen LogP contribution is -2.51. The number of hydrogen-bond donors (Lipinski definition) is 0. The Labute approximate surface area is 122 Å². The van der Waals surface area contributed by atoms with Gasteiger partial charge in [0, 0.05) is 38.6 Å². The molecule has 0 bridgehead atoms. The van der Waals surface area contributed by atoms with E-state index in [0.717, 1.165) is 39.0 Å². The van der Waals surface area contributed by atoms with Crippen molar-refractivity contribution in [3.05, 3.63) is 35.9 Å². The number of carbonyl (C=O) groups is 1. The van der Waals surface area contributed by atoms with Crippen LogP contribution in [0, 0.1) is 0 Å². The van der Waals surface area contributed by atoms with Crippen LogP contribution in [0.4, 0.5) is 0 Å². The molecule has 1 aromatic carbocycles. The maximum Gasteiger partial charge on any atom is 0.222 e. The normalized spacial score (nSPS) is 18.0. The number of carbonyl (C=O) groups excluding carboxylic acids is 1. The van der Waals surface area contributed by atoms with E-state index >= 15 is 0 Å². The smallest absolute Gasteiger partial charge is 0.222 e. The molecular weight excluding hydrogens is 248 g/mol. The minimum atomic E-state index is 0.322. The molecular formula is C17H26N2O. The minimum absolute atomic E-state index is 0.322. The predicted octanol–water partition coefficient (Wildman–Crippen LogP) is 2.56. The molecule has 1 fully saturated rings. The number of benzene rings is 1. The van der Waals surface area contributed by atoms with Gasteiger partial charge in [-0.15, -0.1) is 0 Å². The molecule has 1 aromatic rings. The topological polar surface area (TPSA) is 23.6 Å². The van der Waals surface area contributed by atoms with Crippen LogP contribution in [0.15, 0.2) is 30.3 Å². The van der Waals surface area contributed by atoms with Gasteiger partial charge in [-0.25, -0.2) is 0 Å². The summed E-state index contributed by atoms with van der Waals surface area (Å²) >= 11 is 0. The van der Waals surface area contributed by atoms with E-state index in [9.17, 15) is 4.79 Å². The molecule has 1 atom stereocenters. The molecule has 0 aromatic heterocycles. The van der Waals surface area contributed by atoms with Crippen LogP contribution in [0.25, 0.3) is 0 Å². The highest BCUT2D eigenvalue weighted by atomic mass is 16.2. The van der Waals surface area contributed by atoms with E-state index in [2.05, 4.69) is 49.1 Å². The quantitative estimate of drug-likeness (QED) is 0.824. The van der Waals surface area contributed by atoms with Crippen molar-refractivity contribution in [3.8, 4) is 0 Å². The van der Waals surface area contributed by atoms with E-state index in [4.69, 9.17) is 0 Å². The molecule has 1 heterocycles. The summed E-state index contributed by atoms with van der Waals surface area (Å²) < 4.78 is 0. The maximum absolute atomic E-state index is 11.9. The highest BCUT2D eigenvalue weighted by Crippen LogP contribution is 2.12. The van der Waals surface area contributed by atoms with Crippen molar-refractivity contribution < 1.29 is 4.79 Å². The monoisotopic (exact) mass is 274 g/mol. The zero-order valence-corrected chi connectivity index (χ0v) is 12.7. The van der Waals surface area contributed by atoms with E-state index < -0.39 is 0 Å². The lowest BCUT2D eigenvalue weighted by molar-refractivity contribution is -0.133. The fourth-order valence-corrected chi connectivity index (χ4v) is 2.87. The van der Waals surface area contributed by atoms with Gasteiger partial charge >= 0.3 is 0 Å². The standard InChI is InChI=1S/C17H26N2O/c1-3-7-17(20)19-12-10-18(11-13-19)15(2)14-16-8-5-4-6-9-16/h4-6,8-9,15H,3,7,10-14H2,1-2H3. The van der Waals surface area contributed by atoms with Gasteiger partial charge in [-0.3, -0.25) is 9.69 Å².